The van der Waals surface area contributed by atoms with Crippen molar-refractivity contribution in [2.75, 3.05) is 11.6 Å². The van der Waals surface area contributed by atoms with E-state index in [1.54, 1.807) is 0 Å². The summed E-state index contributed by atoms with van der Waals surface area (Å²) in [5.74, 6) is 5.09. The van der Waals surface area contributed by atoms with Gasteiger partial charge in [-0.05, 0) is 30.7 Å². The van der Waals surface area contributed by atoms with Crippen molar-refractivity contribution >= 4 is 11.8 Å². The summed E-state index contributed by atoms with van der Waals surface area (Å²) in [7, 11) is 0. The van der Waals surface area contributed by atoms with E-state index >= 15 is 0 Å². The van der Waals surface area contributed by atoms with E-state index in [9.17, 15) is 9.18 Å². The number of nitrogens with two attached hydrogens (primary N) is 1. The maximum absolute atomic E-state index is 12.6. The number of carbonyl (C=O) groups is 1. The zero-order chi connectivity index (χ0) is 11.3. The minimum Gasteiger partial charge on any atom is -0.448 e. The van der Waals surface area contributed by atoms with Gasteiger partial charge < -0.3 is 4.74 Å². The van der Waals surface area contributed by atoms with Crippen LogP contribution in [-0.2, 0) is 4.74 Å². The van der Waals surface area contributed by atoms with E-state index in [-0.39, 0.29) is 5.82 Å². The minimum absolute atomic E-state index is 0.313. The lowest BCUT2D eigenvalue weighted by Gasteiger charge is -2.15. The second kappa shape index (κ2) is 5.31. The molecule has 0 bridgehead atoms. The zero-order valence-electron chi connectivity index (χ0n) is 8.44. The number of anilines is 1. The molecule has 1 aromatic carbocycles. The van der Waals surface area contributed by atoms with E-state index in [1.165, 1.54) is 24.3 Å². The molecule has 1 aromatic rings. The number of halogens is 1. The first-order chi connectivity index (χ1) is 7.15. The van der Waals surface area contributed by atoms with Crippen molar-refractivity contribution in [2.45, 2.75) is 13.3 Å². The van der Waals surface area contributed by atoms with E-state index in [0.717, 1.165) is 11.4 Å². The van der Waals surface area contributed by atoms with Gasteiger partial charge in [0, 0.05) is 0 Å². The van der Waals surface area contributed by atoms with Crippen molar-refractivity contribution in [2.24, 2.45) is 5.84 Å². The van der Waals surface area contributed by atoms with Crippen LogP contribution >= 0.6 is 0 Å². The molecular formula is C10H13FN2O2. The average molecular weight is 212 g/mol. The summed E-state index contributed by atoms with van der Waals surface area (Å²) in [6.07, 6.45) is 0.0756. The molecule has 0 saturated carbocycles. The molecule has 0 aliphatic heterocycles. The molecule has 1 rings (SSSR count). The van der Waals surface area contributed by atoms with Gasteiger partial charge >= 0.3 is 6.09 Å². The summed E-state index contributed by atoms with van der Waals surface area (Å²) in [5, 5.41) is 0.842. The third-order valence-electron chi connectivity index (χ3n) is 1.73. The summed E-state index contributed by atoms with van der Waals surface area (Å²) in [5.41, 5.74) is 0.387. The molecule has 1 amide bonds. The summed E-state index contributed by atoms with van der Waals surface area (Å²) in [6.45, 7) is 2.19. The highest BCUT2D eigenvalue weighted by molar-refractivity contribution is 5.86. The molecule has 0 radical (unpaired) electrons. The van der Waals surface area contributed by atoms with E-state index < -0.39 is 6.09 Å². The van der Waals surface area contributed by atoms with Gasteiger partial charge in [-0.1, -0.05) is 6.92 Å². The summed E-state index contributed by atoms with van der Waals surface area (Å²) >= 11 is 0. The van der Waals surface area contributed by atoms with E-state index in [0.29, 0.717) is 12.3 Å². The topological polar surface area (TPSA) is 55.6 Å². The normalized spacial score (nSPS) is 9.80. The lowest BCUT2D eigenvalue weighted by molar-refractivity contribution is 0.154. The van der Waals surface area contributed by atoms with Crippen LogP contribution < -0.4 is 10.9 Å². The maximum atomic E-state index is 12.6. The Balaban J connectivity index is 2.63. The SMILES string of the molecule is CCCOC(=O)N(N)c1ccc(F)cc1. The van der Waals surface area contributed by atoms with Crippen molar-refractivity contribution in [3.05, 3.63) is 30.1 Å². The van der Waals surface area contributed by atoms with Crippen LogP contribution in [0.2, 0.25) is 0 Å². The van der Waals surface area contributed by atoms with Gasteiger partial charge in [0.2, 0.25) is 0 Å². The molecule has 0 atom stereocenters. The van der Waals surface area contributed by atoms with E-state index in [1.807, 2.05) is 6.92 Å². The summed E-state index contributed by atoms with van der Waals surface area (Å²) in [6, 6.07) is 5.26. The predicted molar refractivity (Wildman–Crippen MR) is 54.7 cm³/mol. The molecule has 82 valence electrons. The van der Waals surface area contributed by atoms with Crippen LogP contribution in [0.1, 0.15) is 13.3 Å². The Morgan fingerprint density at radius 3 is 2.60 bits per heavy atom. The Kier molecular flexibility index (Phi) is 4.05. The lowest BCUT2D eigenvalue weighted by Crippen LogP contribution is -2.38. The van der Waals surface area contributed by atoms with Crippen LogP contribution in [0.3, 0.4) is 0 Å². The van der Waals surface area contributed by atoms with Crippen LogP contribution in [0, 0.1) is 5.82 Å². The number of rotatable bonds is 3. The van der Waals surface area contributed by atoms with Crippen molar-refractivity contribution in [1.82, 2.24) is 0 Å². The molecule has 0 spiro atoms. The molecule has 0 heterocycles. The molecule has 0 aliphatic carbocycles. The maximum Gasteiger partial charge on any atom is 0.428 e. The van der Waals surface area contributed by atoms with Crippen LogP contribution in [-0.4, -0.2) is 12.7 Å². The summed E-state index contributed by atoms with van der Waals surface area (Å²) < 4.78 is 17.4. The standard InChI is InChI=1S/C10H13FN2O2/c1-2-7-15-10(14)13(12)9-5-3-8(11)4-6-9/h3-6H,2,7,12H2,1H3. The molecule has 4 nitrogen and oxygen atoms in total. The molecule has 0 aliphatic rings. The zero-order valence-corrected chi connectivity index (χ0v) is 8.44. The Hall–Kier alpha value is -1.62. The first-order valence-corrected chi connectivity index (χ1v) is 4.62. The third kappa shape index (κ3) is 3.21. The van der Waals surface area contributed by atoms with Crippen LogP contribution in [0.25, 0.3) is 0 Å². The molecule has 0 unspecified atom stereocenters. The van der Waals surface area contributed by atoms with Gasteiger partial charge in [-0.3, -0.25) is 0 Å². The molecule has 0 saturated heterocycles. The summed E-state index contributed by atoms with van der Waals surface area (Å²) in [4.78, 5) is 11.3. The van der Waals surface area contributed by atoms with Crippen molar-refractivity contribution in [3.63, 3.8) is 0 Å². The molecule has 5 heteroatoms. The van der Waals surface area contributed by atoms with Gasteiger partial charge in [0.25, 0.3) is 0 Å². The van der Waals surface area contributed by atoms with Gasteiger partial charge in [0.1, 0.15) is 5.82 Å². The highest BCUT2D eigenvalue weighted by atomic mass is 19.1. The second-order valence-electron chi connectivity index (χ2n) is 2.96. The Morgan fingerprint density at radius 1 is 1.47 bits per heavy atom. The largest absolute Gasteiger partial charge is 0.448 e. The fourth-order valence-corrected chi connectivity index (χ4v) is 0.966. The minimum atomic E-state index is -0.650. The molecule has 0 fully saturated rings. The number of carbonyl (C=O) groups excluding carboxylic acids is 1. The van der Waals surface area contributed by atoms with E-state index in [2.05, 4.69) is 0 Å². The number of hydrazine groups is 1. The van der Waals surface area contributed by atoms with Gasteiger partial charge in [-0.2, -0.15) is 0 Å². The number of amides is 1. The van der Waals surface area contributed by atoms with Crippen LogP contribution in [0.5, 0.6) is 0 Å². The lowest BCUT2D eigenvalue weighted by atomic mass is 10.3. The second-order valence-corrected chi connectivity index (χ2v) is 2.96. The Labute approximate surface area is 87.4 Å². The average Bonchev–Trinajstić information content (AvgIpc) is 2.26. The number of hydrogen-bond acceptors (Lipinski definition) is 3. The number of nitrogens with zero attached hydrogens (tertiary/aromatic N) is 1. The van der Waals surface area contributed by atoms with Crippen LogP contribution in [0.15, 0.2) is 24.3 Å². The molecule has 0 aromatic heterocycles. The quantitative estimate of drug-likeness (QED) is 0.474. The van der Waals surface area contributed by atoms with Crippen molar-refractivity contribution in [1.29, 1.82) is 0 Å². The van der Waals surface area contributed by atoms with Crippen molar-refractivity contribution in [3.8, 4) is 0 Å². The first-order valence-electron chi connectivity index (χ1n) is 4.62. The third-order valence-corrected chi connectivity index (χ3v) is 1.73. The first kappa shape index (κ1) is 11.5. The fourth-order valence-electron chi connectivity index (χ4n) is 0.966. The van der Waals surface area contributed by atoms with Gasteiger partial charge in [-0.25, -0.2) is 20.0 Å². The number of ether oxygens (including phenoxy) is 1. The highest BCUT2D eigenvalue weighted by Gasteiger charge is 2.12. The molecular weight excluding hydrogens is 199 g/mol. The van der Waals surface area contributed by atoms with E-state index in [4.69, 9.17) is 10.6 Å². The smallest absolute Gasteiger partial charge is 0.428 e. The predicted octanol–water partition coefficient (Wildman–Crippen LogP) is 2.05. The van der Waals surface area contributed by atoms with Gasteiger partial charge in [-0.15, -0.1) is 0 Å². The van der Waals surface area contributed by atoms with Crippen LogP contribution in [0.4, 0.5) is 14.9 Å². The number of benzene rings is 1. The van der Waals surface area contributed by atoms with Crippen molar-refractivity contribution < 1.29 is 13.9 Å². The Bertz CT molecular complexity index is 327. The van der Waals surface area contributed by atoms with Gasteiger partial charge in [0.15, 0.2) is 0 Å². The highest BCUT2D eigenvalue weighted by Crippen LogP contribution is 2.12. The number of hydrogen-bond donors (Lipinski definition) is 1. The Morgan fingerprint density at radius 2 is 2.07 bits per heavy atom. The monoisotopic (exact) mass is 212 g/mol. The van der Waals surface area contributed by atoms with Gasteiger partial charge in [0.05, 0.1) is 12.3 Å². The molecule has 15 heavy (non-hydrogen) atoms. The molecule has 2 N–H and O–H groups in total. The fraction of sp³-hybridized carbons (Fsp3) is 0.300.